The zero-order valence-electron chi connectivity index (χ0n) is 38.8. The molecule has 0 saturated heterocycles. The summed E-state index contributed by atoms with van der Waals surface area (Å²) in [5.74, 6) is 2.11. The highest BCUT2D eigenvalue weighted by atomic mass is 32.1. The predicted octanol–water partition coefficient (Wildman–Crippen LogP) is 7.69. The molecular weight excluding hydrogens is 899 g/mol. The summed E-state index contributed by atoms with van der Waals surface area (Å²) in [7, 11) is 0. The molecule has 6 aromatic rings. The van der Waals surface area contributed by atoms with Gasteiger partial charge in [0, 0.05) is 69.0 Å². The van der Waals surface area contributed by atoms with Gasteiger partial charge in [-0.2, -0.15) is 0 Å². The first kappa shape index (κ1) is 45.9. The second-order valence-corrected chi connectivity index (χ2v) is 19.9. The Balaban J connectivity index is 0.000000170. The molecule has 0 fully saturated rings. The van der Waals surface area contributed by atoms with Gasteiger partial charge >= 0.3 is 0 Å². The van der Waals surface area contributed by atoms with E-state index in [0.29, 0.717) is 23.6 Å². The van der Waals surface area contributed by atoms with Crippen molar-refractivity contribution in [2.75, 3.05) is 0 Å². The highest BCUT2D eigenvalue weighted by Crippen LogP contribution is 2.41. The molecule has 2 aromatic carbocycles. The number of thiophene rings is 2. The van der Waals surface area contributed by atoms with E-state index in [1.807, 2.05) is 71.5 Å². The van der Waals surface area contributed by atoms with E-state index in [9.17, 15) is 28.8 Å². The number of ketones is 4. The van der Waals surface area contributed by atoms with Gasteiger partial charge in [0.1, 0.15) is 45.3 Å². The summed E-state index contributed by atoms with van der Waals surface area (Å²) >= 11 is 3.34. The maximum absolute atomic E-state index is 12.1. The zero-order valence-corrected chi connectivity index (χ0v) is 40.5. The molecule has 0 radical (unpaired) electrons. The Morgan fingerprint density at radius 1 is 0.618 bits per heavy atom. The standard InChI is InChI=1S/C26H24N4O3S.C25H23N5O3S/c1-13(31)9-21-25-29-28-16(4)30(25)26-23(14(2)15(3)34-26)24(27-21)18-7-5-17(6-8-18)10-19-11-20(32)12-22(19)33;1-13(31)11-19-24-28-27-16(4)30(24)25-22(14(2)15(3)34-25)23(26-19)18-7-5-17(6-8-18)12-29-20(32)9-10-21(29)33/h5-8,11,21H,9-10,12H2,1-4H3;5-10,19H,11-12H2,1-4H3/t21-;19-/m00/s1. The smallest absolute Gasteiger partial charge is 0.253 e. The number of carbonyl (C=O) groups is 6. The highest BCUT2D eigenvalue weighted by Gasteiger charge is 2.34. The third kappa shape index (κ3) is 8.51. The van der Waals surface area contributed by atoms with Crippen LogP contribution in [0, 0.1) is 41.5 Å². The first-order valence-corrected chi connectivity index (χ1v) is 23.8. The van der Waals surface area contributed by atoms with E-state index in [2.05, 4.69) is 48.1 Å². The average Bonchev–Trinajstić information content (AvgIpc) is 4.11. The van der Waals surface area contributed by atoms with Crippen LogP contribution in [-0.4, -0.2) is 80.8 Å². The number of amides is 2. The molecule has 4 aliphatic rings. The van der Waals surface area contributed by atoms with Crippen LogP contribution in [0.3, 0.4) is 0 Å². The molecule has 0 N–H and O–H groups in total. The number of imide groups is 1. The minimum Gasteiger partial charge on any atom is -0.300 e. The number of rotatable bonds is 10. The van der Waals surface area contributed by atoms with E-state index < -0.39 is 12.1 Å². The van der Waals surface area contributed by atoms with Crippen LogP contribution in [0.4, 0.5) is 0 Å². The van der Waals surface area contributed by atoms with Gasteiger partial charge in [-0.3, -0.25) is 52.8 Å². The largest absolute Gasteiger partial charge is 0.300 e. The van der Waals surface area contributed by atoms with Crippen LogP contribution in [0.5, 0.6) is 0 Å². The Hall–Kier alpha value is -7.24. The van der Waals surface area contributed by atoms with Gasteiger partial charge in [0.15, 0.2) is 23.2 Å². The predicted molar refractivity (Wildman–Crippen MR) is 258 cm³/mol. The molecular formula is C51H47N9O6S2. The topological polar surface area (TPSA) is 192 Å². The molecule has 15 nitrogen and oxygen atoms in total. The number of aliphatic imine (C=N–C) groups is 2. The molecule has 7 heterocycles. The Labute approximate surface area is 400 Å². The first-order valence-electron chi connectivity index (χ1n) is 22.2. The second-order valence-electron chi connectivity index (χ2n) is 17.5. The normalized spacial score (nSPS) is 17.1. The summed E-state index contributed by atoms with van der Waals surface area (Å²) in [6.45, 7) is 15.5. The fraction of sp³-hybridized carbons (Fsp3) is 0.294. The molecule has 2 amide bonds. The molecule has 0 unspecified atom stereocenters. The number of benzene rings is 2. The van der Waals surface area contributed by atoms with Gasteiger partial charge in [0.05, 0.1) is 24.4 Å². The summed E-state index contributed by atoms with van der Waals surface area (Å²) in [6, 6.07) is 14.8. The van der Waals surface area contributed by atoms with Gasteiger partial charge in [-0.25, -0.2) is 0 Å². The summed E-state index contributed by atoms with van der Waals surface area (Å²) in [5, 5.41) is 19.4. The van der Waals surface area contributed by atoms with Crippen LogP contribution in [0.15, 0.2) is 82.3 Å². The lowest BCUT2D eigenvalue weighted by molar-refractivity contribution is -0.137. The number of fused-ring (bicyclic) bond motifs is 6. The molecule has 17 heteroatoms. The Morgan fingerprint density at radius 3 is 1.47 bits per heavy atom. The first-order chi connectivity index (χ1) is 32.5. The molecule has 68 heavy (non-hydrogen) atoms. The van der Waals surface area contributed by atoms with Crippen molar-refractivity contribution in [2.24, 2.45) is 9.98 Å². The molecule has 0 bridgehead atoms. The third-order valence-electron chi connectivity index (χ3n) is 12.6. The van der Waals surface area contributed by atoms with Crippen molar-refractivity contribution >= 4 is 69.0 Å². The van der Waals surface area contributed by atoms with Crippen molar-refractivity contribution in [3.63, 3.8) is 0 Å². The van der Waals surface area contributed by atoms with Crippen LogP contribution < -0.4 is 0 Å². The van der Waals surface area contributed by atoms with Gasteiger partial charge in [0.2, 0.25) is 0 Å². The van der Waals surface area contributed by atoms with Crippen molar-refractivity contribution in [3.8, 4) is 10.0 Å². The number of aromatic nitrogens is 6. The highest BCUT2D eigenvalue weighted by molar-refractivity contribution is 7.15. The van der Waals surface area contributed by atoms with Gasteiger partial charge in [-0.05, 0) is 83.7 Å². The van der Waals surface area contributed by atoms with Gasteiger partial charge < -0.3 is 0 Å². The van der Waals surface area contributed by atoms with E-state index in [1.54, 1.807) is 36.5 Å². The van der Waals surface area contributed by atoms with Crippen LogP contribution in [0.1, 0.15) is 123 Å². The van der Waals surface area contributed by atoms with E-state index in [4.69, 9.17) is 9.98 Å². The average molecular weight is 946 g/mol. The van der Waals surface area contributed by atoms with Crippen LogP contribution >= 0.6 is 22.7 Å². The Morgan fingerprint density at radius 2 is 1.06 bits per heavy atom. The van der Waals surface area contributed by atoms with E-state index in [0.717, 1.165) is 77.6 Å². The number of hydrogen-bond acceptors (Lipinski definition) is 14. The quantitative estimate of drug-likeness (QED) is 0.0972. The number of carbonyl (C=O) groups excluding carboxylic acids is 6. The van der Waals surface area contributed by atoms with Crippen molar-refractivity contribution in [1.29, 1.82) is 0 Å². The molecule has 4 aromatic heterocycles. The molecule has 10 rings (SSSR count). The monoisotopic (exact) mass is 945 g/mol. The lowest BCUT2D eigenvalue weighted by Crippen LogP contribution is -2.29. The summed E-state index contributed by atoms with van der Waals surface area (Å²) in [6.07, 6.45) is 4.93. The van der Waals surface area contributed by atoms with E-state index >= 15 is 0 Å². The van der Waals surface area contributed by atoms with Gasteiger partial charge in [-0.1, -0.05) is 48.5 Å². The summed E-state index contributed by atoms with van der Waals surface area (Å²) < 4.78 is 4.06. The number of hydrogen-bond donors (Lipinski definition) is 0. The molecule has 0 saturated carbocycles. The Bertz CT molecular complexity index is 3250. The van der Waals surface area contributed by atoms with Crippen molar-refractivity contribution in [1.82, 2.24) is 34.4 Å². The SMILES string of the molecule is CC(=O)C[C@@H]1N=C(c2ccc(CC3=CC(=O)CC3=O)cc2)c2c(sc(C)c2C)-n2c(C)nnc21.CC(=O)C[C@@H]1N=C(c2ccc(CN3C(=O)C=CC3=O)cc2)c2c(sc(C)c2C)-n2c(C)nnc21. The van der Waals surface area contributed by atoms with Crippen molar-refractivity contribution < 1.29 is 28.8 Å². The third-order valence-corrected chi connectivity index (χ3v) is 14.9. The number of nitrogens with zero attached hydrogens (tertiary/aromatic N) is 9. The maximum atomic E-state index is 12.1. The fourth-order valence-electron chi connectivity index (χ4n) is 8.88. The van der Waals surface area contributed by atoms with Crippen LogP contribution in [0.25, 0.3) is 10.0 Å². The number of Topliss-reactive ketones (excluding diaryl/α,β-unsaturated/α-hetero) is 3. The number of allylic oxidation sites excluding steroid dienone is 2. The molecule has 1 aliphatic carbocycles. The molecule has 0 spiro atoms. The number of aryl methyl sites for hydroxylation is 4. The minimum absolute atomic E-state index is 0.0234. The molecule has 344 valence electrons. The molecule has 2 atom stereocenters. The molecule has 3 aliphatic heterocycles. The maximum Gasteiger partial charge on any atom is 0.253 e. The van der Waals surface area contributed by atoms with Crippen molar-refractivity contribution in [3.05, 3.63) is 150 Å². The van der Waals surface area contributed by atoms with E-state index in [1.165, 1.54) is 32.9 Å². The zero-order chi connectivity index (χ0) is 48.3. The summed E-state index contributed by atoms with van der Waals surface area (Å²) in [5.41, 5.74) is 10.1. The Kier molecular flexibility index (Phi) is 12.2. The van der Waals surface area contributed by atoms with E-state index in [-0.39, 0.29) is 60.8 Å². The lowest BCUT2D eigenvalue weighted by atomic mass is 9.97. The van der Waals surface area contributed by atoms with Gasteiger partial charge in [0.25, 0.3) is 11.8 Å². The fourth-order valence-corrected chi connectivity index (χ4v) is 11.3. The lowest BCUT2D eigenvalue weighted by Gasteiger charge is -2.15. The van der Waals surface area contributed by atoms with Gasteiger partial charge in [-0.15, -0.1) is 43.1 Å². The summed E-state index contributed by atoms with van der Waals surface area (Å²) in [4.78, 5) is 85.3. The van der Waals surface area contributed by atoms with Crippen LogP contribution in [-0.2, 0) is 41.7 Å². The second kappa shape index (κ2) is 18.1. The minimum atomic E-state index is -0.446. The van der Waals surface area contributed by atoms with Crippen LogP contribution in [0.2, 0.25) is 0 Å². The van der Waals surface area contributed by atoms with Crippen molar-refractivity contribution in [2.45, 2.75) is 99.7 Å².